The van der Waals surface area contributed by atoms with Crippen LogP contribution in [0.15, 0.2) is 17.0 Å². The number of carbonyl (C=O) groups is 2. The van der Waals surface area contributed by atoms with E-state index in [0.29, 0.717) is 13.1 Å². The van der Waals surface area contributed by atoms with Crippen LogP contribution < -0.4 is 10.2 Å². The summed E-state index contributed by atoms with van der Waals surface area (Å²) in [6.07, 6.45) is 0.312. The molecule has 2 aliphatic heterocycles. The van der Waals surface area contributed by atoms with Crippen molar-refractivity contribution in [3.05, 3.63) is 34.2 Å². The number of thioether (sulfide) groups is 1. The van der Waals surface area contributed by atoms with Crippen LogP contribution in [0.4, 0.5) is 19.3 Å². The molecule has 0 spiro atoms. The van der Waals surface area contributed by atoms with E-state index >= 15 is 0 Å². The number of hydrogen-bond donors (Lipinski definition) is 2. The Balaban J connectivity index is 1.94. The first-order chi connectivity index (χ1) is 11.8. The summed E-state index contributed by atoms with van der Waals surface area (Å²) in [6, 6.07) is 1.93. The van der Waals surface area contributed by atoms with E-state index in [2.05, 4.69) is 5.32 Å². The molecule has 2 N–H and O–H groups in total. The van der Waals surface area contributed by atoms with Gasteiger partial charge in [0.15, 0.2) is 0 Å². The van der Waals surface area contributed by atoms with Crippen molar-refractivity contribution < 1.29 is 23.5 Å². The fraction of sp³-hybridized carbons (Fsp3) is 0.267. The predicted molar refractivity (Wildman–Crippen MR) is 94.5 cm³/mol. The first-order valence-electron chi connectivity index (χ1n) is 7.32. The molecule has 10 heteroatoms. The molecule has 3 rings (SSSR count). The summed E-state index contributed by atoms with van der Waals surface area (Å²) in [6.45, 7) is 1.04. The minimum atomic E-state index is -1.03. The first kappa shape index (κ1) is 17.6. The second kappa shape index (κ2) is 6.96. The molecule has 0 aliphatic carbocycles. The van der Waals surface area contributed by atoms with Crippen molar-refractivity contribution in [2.75, 3.05) is 31.1 Å². The molecule has 2 heterocycles. The number of anilines is 1. The molecular weight excluding hydrogens is 372 g/mol. The van der Waals surface area contributed by atoms with Crippen molar-refractivity contribution in [1.29, 1.82) is 0 Å². The van der Waals surface area contributed by atoms with Crippen LogP contribution in [0.5, 0.6) is 0 Å². The Morgan fingerprint density at radius 1 is 1.28 bits per heavy atom. The molecule has 0 unspecified atom stereocenters. The van der Waals surface area contributed by atoms with Gasteiger partial charge in [0.05, 0.1) is 10.6 Å². The lowest BCUT2D eigenvalue weighted by Crippen LogP contribution is -2.48. The van der Waals surface area contributed by atoms with Gasteiger partial charge in [-0.2, -0.15) is 0 Å². The van der Waals surface area contributed by atoms with Gasteiger partial charge in [-0.15, -0.1) is 0 Å². The zero-order chi connectivity index (χ0) is 18.1. The molecule has 2 aliphatic rings. The average Bonchev–Trinajstić information content (AvgIpc) is 2.87. The van der Waals surface area contributed by atoms with Crippen LogP contribution in [0, 0.1) is 11.6 Å². The van der Waals surface area contributed by atoms with Crippen LogP contribution in [0.2, 0.25) is 0 Å². The van der Waals surface area contributed by atoms with Gasteiger partial charge in [-0.25, -0.2) is 13.6 Å². The van der Waals surface area contributed by atoms with Gasteiger partial charge in [0.2, 0.25) is 0 Å². The van der Waals surface area contributed by atoms with Gasteiger partial charge in [0.1, 0.15) is 16.0 Å². The van der Waals surface area contributed by atoms with Gasteiger partial charge in [0, 0.05) is 37.8 Å². The van der Waals surface area contributed by atoms with Crippen molar-refractivity contribution in [2.45, 2.75) is 0 Å². The lowest BCUT2D eigenvalue weighted by molar-refractivity contribution is -0.115. The third-order valence-corrected chi connectivity index (χ3v) is 5.04. The summed E-state index contributed by atoms with van der Waals surface area (Å²) < 4.78 is 28.4. The molecule has 1 aromatic carbocycles. The summed E-state index contributed by atoms with van der Waals surface area (Å²) in [5.41, 5.74) is 0.355. The fourth-order valence-corrected chi connectivity index (χ4v) is 3.69. The Bertz CT molecular complexity index is 792. The number of carbonyl (C=O) groups excluding carboxylic acids is 1. The third kappa shape index (κ3) is 3.74. The molecule has 1 aromatic rings. The Kier molecular flexibility index (Phi) is 4.91. The number of nitrogens with one attached hydrogen (secondary N) is 1. The molecule has 0 atom stereocenters. The van der Waals surface area contributed by atoms with E-state index in [9.17, 15) is 18.4 Å². The van der Waals surface area contributed by atoms with Crippen LogP contribution in [-0.4, -0.2) is 52.5 Å². The number of benzene rings is 1. The highest BCUT2D eigenvalue weighted by Crippen LogP contribution is 2.32. The van der Waals surface area contributed by atoms with Gasteiger partial charge in [0.25, 0.3) is 5.91 Å². The van der Waals surface area contributed by atoms with Gasteiger partial charge < -0.3 is 20.2 Å². The van der Waals surface area contributed by atoms with Crippen LogP contribution in [0.1, 0.15) is 5.56 Å². The van der Waals surface area contributed by atoms with Crippen molar-refractivity contribution in [3.63, 3.8) is 0 Å². The maximum Gasteiger partial charge on any atom is 0.407 e. The normalized spacial score (nSPS) is 19.5. The van der Waals surface area contributed by atoms with Gasteiger partial charge >= 0.3 is 6.09 Å². The number of hydrogen-bond acceptors (Lipinski definition) is 5. The largest absolute Gasteiger partial charge is 0.465 e. The highest BCUT2D eigenvalue weighted by molar-refractivity contribution is 8.26. The third-order valence-electron chi connectivity index (χ3n) is 3.88. The fourth-order valence-electron chi connectivity index (χ4n) is 2.67. The molecule has 2 fully saturated rings. The number of amides is 2. The summed E-state index contributed by atoms with van der Waals surface area (Å²) >= 11 is 5.91. The van der Waals surface area contributed by atoms with Crippen molar-refractivity contribution in [1.82, 2.24) is 10.2 Å². The Morgan fingerprint density at radius 2 is 1.96 bits per heavy atom. The van der Waals surface area contributed by atoms with E-state index in [1.165, 1.54) is 17.0 Å². The quantitative estimate of drug-likeness (QED) is 0.601. The monoisotopic (exact) mass is 385 g/mol. The average molecular weight is 385 g/mol. The van der Waals surface area contributed by atoms with Crippen LogP contribution in [-0.2, 0) is 4.79 Å². The number of thiocarbonyl (C=S) groups is 1. The number of halogens is 2. The van der Waals surface area contributed by atoms with E-state index in [1.807, 2.05) is 0 Å². The molecule has 0 saturated carbocycles. The molecule has 132 valence electrons. The maximum atomic E-state index is 14.4. The van der Waals surface area contributed by atoms with Crippen LogP contribution >= 0.6 is 24.0 Å². The molecule has 0 aromatic heterocycles. The van der Waals surface area contributed by atoms with Crippen molar-refractivity contribution in [3.8, 4) is 0 Å². The Morgan fingerprint density at radius 3 is 2.52 bits per heavy atom. The van der Waals surface area contributed by atoms with Gasteiger partial charge in [-0.3, -0.25) is 4.79 Å². The van der Waals surface area contributed by atoms with E-state index in [0.717, 1.165) is 17.8 Å². The molecular formula is C15H13F2N3O3S2. The summed E-state index contributed by atoms with van der Waals surface area (Å²) in [7, 11) is 0. The first-order valence-corrected chi connectivity index (χ1v) is 8.54. The minimum Gasteiger partial charge on any atom is -0.465 e. The minimum absolute atomic E-state index is 0.0764. The molecule has 6 nitrogen and oxygen atoms in total. The number of rotatable bonds is 2. The molecule has 2 amide bonds. The topological polar surface area (TPSA) is 72.9 Å². The molecule has 0 bridgehead atoms. The van der Waals surface area contributed by atoms with E-state index < -0.39 is 23.6 Å². The van der Waals surface area contributed by atoms with Crippen LogP contribution in [0.3, 0.4) is 0 Å². The second-order valence-electron chi connectivity index (χ2n) is 5.43. The van der Waals surface area contributed by atoms with Crippen LogP contribution in [0.25, 0.3) is 6.08 Å². The number of piperazine rings is 1. The lowest BCUT2D eigenvalue weighted by Gasteiger charge is -2.35. The molecule has 2 saturated heterocycles. The van der Waals surface area contributed by atoms with E-state index in [-0.39, 0.29) is 33.6 Å². The number of nitrogens with zero attached hydrogens (tertiary/aromatic N) is 2. The predicted octanol–water partition coefficient (Wildman–Crippen LogP) is 2.25. The molecule has 0 radical (unpaired) electrons. The molecule has 25 heavy (non-hydrogen) atoms. The summed E-state index contributed by atoms with van der Waals surface area (Å²) in [4.78, 5) is 26.0. The van der Waals surface area contributed by atoms with Gasteiger partial charge in [-0.1, -0.05) is 24.0 Å². The number of carboxylic acid groups (broad SMARTS) is 1. The Hall–Kier alpha value is -2.20. The summed E-state index contributed by atoms with van der Waals surface area (Å²) in [5, 5.41) is 11.4. The van der Waals surface area contributed by atoms with Gasteiger partial charge in [-0.05, 0) is 12.1 Å². The van der Waals surface area contributed by atoms with E-state index in [1.54, 1.807) is 4.90 Å². The lowest BCUT2D eigenvalue weighted by atomic mass is 10.1. The van der Waals surface area contributed by atoms with Crippen molar-refractivity contribution >= 4 is 52.1 Å². The summed E-state index contributed by atoms with van der Waals surface area (Å²) in [5.74, 6) is -1.97. The smallest absolute Gasteiger partial charge is 0.407 e. The van der Waals surface area contributed by atoms with Crippen molar-refractivity contribution in [2.24, 2.45) is 0 Å². The highest BCUT2D eigenvalue weighted by Gasteiger charge is 2.26. The highest BCUT2D eigenvalue weighted by atomic mass is 32.2. The SMILES string of the molecule is O=C1NC(=S)SC1=Cc1c(F)cc(F)cc1N1CCN(C(=O)O)CC1. The maximum absolute atomic E-state index is 14.4. The Labute approximate surface area is 151 Å². The zero-order valence-electron chi connectivity index (χ0n) is 12.8. The standard InChI is InChI=1S/C15H13F2N3O3S2/c16-8-5-10(17)9(7-12-13(21)18-14(24)25-12)11(6-8)19-1-3-20(4-2-19)15(22)23/h5-7H,1-4H2,(H,22,23)(H,18,21,24). The second-order valence-corrected chi connectivity index (χ2v) is 7.15. The van der Waals surface area contributed by atoms with E-state index in [4.69, 9.17) is 17.3 Å². The zero-order valence-corrected chi connectivity index (χ0v) is 14.4.